The van der Waals surface area contributed by atoms with Gasteiger partial charge in [-0.15, -0.1) is 0 Å². The van der Waals surface area contributed by atoms with Gasteiger partial charge in [0.2, 0.25) is 5.91 Å². The van der Waals surface area contributed by atoms with Gasteiger partial charge in [-0.25, -0.2) is 0 Å². The van der Waals surface area contributed by atoms with E-state index >= 15 is 0 Å². The number of likely N-dealkylation sites (tertiary alicyclic amines) is 1. The Hall–Kier alpha value is -2.64. The van der Waals surface area contributed by atoms with Crippen LogP contribution in [0.3, 0.4) is 0 Å². The van der Waals surface area contributed by atoms with Gasteiger partial charge in [0, 0.05) is 13.1 Å². The zero-order valence-electron chi connectivity index (χ0n) is 17.9. The van der Waals surface area contributed by atoms with E-state index in [-0.39, 0.29) is 17.6 Å². The van der Waals surface area contributed by atoms with Gasteiger partial charge in [0.1, 0.15) is 5.76 Å². The van der Waals surface area contributed by atoms with E-state index in [0.717, 1.165) is 44.8 Å². The molecule has 0 bridgehead atoms. The molecule has 0 saturated carbocycles. The van der Waals surface area contributed by atoms with Crippen LogP contribution in [0.15, 0.2) is 46.9 Å². The molecule has 3 rings (SSSR count). The Kier molecular flexibility index (Phi) is 8.04. The zero-order chi connectivity index (χ0) is 21.3. The Labute approximate surface area is 178 Å². The Morgan fingerprint density at radius 1 is 1.10 bits per heavy atom. The molecule has 0 spiro atoms. The standard InChI is InChI=1S/C23H32N4O3/c1-3-26(4-2)17-20-12-13-21(30-20)23(29)25-24-22(28)19-11-8-14-27(16-19)15-18-9-6-5-7-10-18/h5-7,9-10,12-13,19H,3-4,8,11,14-17H2,1-2H3,(H,24,28)(H,25,29). The lowest BCUT2D eigenvalue weighted by molar-refractivity contribution is -0.127. The Bertz CT molecular complexity index is 817. The van der Waals surface area contributed by atoms with Crippen LogP contribution in [0.1, 0.15) is 48.6 Å². The van der Waals surface area contributed by atoms with Crippen molar-refractivity contribution in [2.75, 3.05) is 26.2 Å². The Morgan fingerprint density at radius 3 is 2.60 bits per heavy atom. The SMILES string of the molecule is CCN(CC)Cc1ccc(C(=O)NNC(=O)C2CCCN(Cc3ccccc3)C2)o1. The van der Waals surface area contributed by atoms with Crippen LogP contribution in [0, 0.1) is 5.92 Å². The molecule has 1 aromatic heterocycles. The zero-order valence-corrected chi connectivity index (χ0v) is 17.9. The highest BCUT2D eigenvalue weighted by molar-refractivity contribution is 5.93. The minimum Gasteiger partial charge on any atom is -0.454 e. The lowest BCUT2D eigenvalue weighted by Crippen LogP contribution is -2.48. The molecule has 1 aliphatic heterocycles. The highest BCUT2D eigenvalue weighted by Crippen LogP contribution is 2.18. The van der Waals surface area contributed by atoms with Crippen molar-refractivity contribution >= 4 is 11.8 Å². The first-order valence-electron chi connectivity index (χ1n) is 10.8. The van der Waals surface area contributed by atoms with E-state index in [2.05, 4.69) is 46.6 Å². The van der Waals surface area contributed by atoms with E-state index in [1.165, 1.54) is 5.56 Å². The summed E-state index contributed by atoms with van der Waals surface area (Å²) in [5.74, 6) is 0.200. The van der Waals surface area contributed by atoms with Crippen LogP contribution in [0.5, 0.6) is 0 Å². The summed E-state index contributed by atoms with van der Waals surface area (Å²) in [4.78, 5) is 29.4. The number of nitrogens with one attached hydrogen (secondary N) is 2. The Balaban J connectivity index is 1.46. The largest absolute Gasteiger partial charge is 0.454 e. The number of benzene rings is 1. The van der Waals surface area contributed by atoms with E-state index in [4.69, 9.17) is 4.42 Å². The van der Waals surface area contributed by atoms with Crippen LogP contribution >= 0.6 is 0 Å². The fraction of sp³-hybridized carbons (Fsp3) is 0.478. The third-order valence-electron chi connectivity index (χ3n) is 5.58. The van der Waals surface area contributed by atoms with Gasteiger partial charge in [0.25, 0.3) is 0 Å². The molecule has 1 aliphatic rings. The molecule has 7 nitrogen and oxygen atoms in total. The van der Waals surface area contributed by atoms with Crippen molar-refractivity contribution in [3.05, 3.63) is 59.5 Å². The van der Waals surface area contributed by atoms with Gasteiger partial charge in [0.15, 0.2) is 5.76 Å². The third kappa shape index (κ3) is 6.18. The first-order chi connectivity index (χ1) is 14.6. The van der Waals surface area contributed by atoms with E-state index in [0.29, 0.717) is 13.1 Å². The van der Waals surface area contributed by atoms with E-state index in [1.807, 2.05) is 18.2 Å². The minimum atomic E-state index is -0.439. The summed E-state index contributed by atoms with van der Waals surface area (Å²) < 4.78 is 5.63. The highest BCUT2D eigenvalue weighted by Gasteiger charge is 2.26. The molecule has 7 heteroatoms. The molecule has 1 atom stereocenters. The molecule has 0 radical (unpaired) electrons. The van der Waals surface area contributed by atoms with Crippen molar-refractivity contribution in [2.24, 2.45) is 5.92 Å². The van der Waals surface area contributed by atoms with Crippen molar-refractivity contribution in [3.8, 4) is 0 Å². The predicted octanol–water partition coefficient (Wildman–Crippen LogP) is 2.79. The van der Waals surface area contributed by atoms with Gasteiger partial charge in [-0.2, -0.15) is 0 Å². The van der Waals surface area contributed by atoms with Gasteiger partial charge in [-0.05, 0) is 50.2 Å². The summed E-state index contributed by atoms with van der Waals surface area (Å²) in [6.45, 7) is 9.15. The number of hydrazine groups is 1. The van der Waals surface area contributed by atoms with E-state index in [9.17, 15) is 9.59 Å². The number of hydrogen-bond donors (Lipinski definition) is 2. The third-order valence-corrected chi connectivity index (χ3v) is 5.58. The average Bonchev–Trinajstić information content (AvgIpc) is 3.25. The number of carbonyl (C=O) groups is 2. The summed E-state index contributed by atoms with van der Waals surface area (Å²) in [5, 5.41) is 0. The van der Waals surface area contributed by atoms with Gasteiger partial charge in [-0.3, -0.25) is 30.2 Å². The summed E-state index contributed by atoms with van der Waals surface area (Å²) in [6.07, 6.45) is 1.79. The molecule has 2 aromatic rings. The number of piperidine rings is 1. The first kappa shape index (κ1) is 22.1. The lowest BCUT2D eigenvalue weighted by atomic mass is 9.97. The molecule has 2 amide bonds. The molecule has 30 heavy (non-hydrogen) atoms. The fourth-order valence-electron chi connectivity index (χ4n) is 3.79. The average molecular weight is 413 g/mol. The second-order valence-electron chi connectivity index (χ2n) is 7.73. The number of nitrogens with zero attached hydrogens (tertiary/aromatic N) is 2. The van der Waals surface area contributed by atoms with Crippen molar-refractivity contribution in [2.45, 2.75) is 39.8 Å². The second-order valence-corrected chi connectivity index (χ2v) is 7.73. The van der Waals surface area contributed by atoms with Crippen molar-refractivity contribution in [1.82, 2.24) is 20.7 Å². The summed E-state index contributed by atoms with van der Waals surface area (Å²) in [6, 6.07) is 13.7. The number of furan rings is 1. The highest BCUT2D eigenvalue weighted by atomic mass is 16.4. The number of rotatable bonds is 8. The summed E-state index contributed by atoms with van der Waals surface area (Å²) in [5.41, 5.74) is 6.30. The normalized spacial score (nSPS) is 17.1. The van der Waals surface area contributed by atoms with Crippen LogP contribution in [0.4, 0.5) is 0 Å². The summed E-state index contributed by atoms with van der Waals surface area (Å²) in [7, 11) is 0. The van der Waals surface area contributed by atoms with Gasteiger partial charge in [-0.1, -0.05) is 44.2 Å². The number of hydrogen-bond acceptors (Lipinski definition) is 5. The lowest BCUT2D eigenvalue weighted by Gasteiger charge is -2.31. The van der Waals surface area contributed by atoms with Gasteiger partial charge >= 0.3 is 5.91 Å². The molecule has 0 aliphatic carbocycles. The topological polar surface area (TPSA) is 77.8 Å². The Morgan fingerprint density at radius 2 is 1.87 bits per heavy atom. The fourth-order valence-corrected chi connectivity index (χ4v) is 3.79. The van der Waals surface area contributed by atoms with Crippen LogP contribution in [0.25, 0.3) is 0 Å². The van der Waals surface area contributed by atoms with Crippen LogP contribution < -0.4 is 10.9 Å². The van der Waals surface area contributed by atoms with Crippen LogP contribution in [-0.2, 0) is 17.9 Å². The molecular weight excluding hydrogens is 380 g/mol. The molecule has 1 fully saturated rings. The molecule has 1 saturated heterocycles. The maximum absolute atomic E-state index is 12.6. The van der Waals surface area contributed by atoms with E-state index < -0.39 is 5.91 Å². The molecule has 162 valence electrons. The molecular formula is C23H32N4O3. The molecule has 1 unspecified atom stereocenters. The minimum absolute atomic E-state index is 0.141. The predicted molar refractivity (Wildman–Crippen MR) is 115 cm³/mol. The monoisotopic (exact) mass is 412 g/mol. The van der Waals surface area contributed by atoms with Crippen molar-refractivity contribution in [1.29, 1.82) is 0 Å². The van der Waals surface area contributed by atoms with Crippen molar-refractivity contribution in [3.63, 3.8) is 0 Å². The van der Waals surface area contributed by atoms with E-state index in [1.54, 1.807) is 12.1 Å². The number of carbonyl (C=O) groups excluding carboxylic acids is 2. The number of amides is 2. The molecule has 2 heterocycles. The smallest absolute Gasteiger partial charge is 0.305 e. The second kappa shape index (κ2) is 10.9. The maximum Gasteiger partial charge on any atom is 0.305 e. The molecule has 1 aromatic carbocycles. The van der Waals surface area contributed by atoms with Gasteiger partial charge in [0.05, 0.1) is 12.5 Å². The van der Waals surface area contributed by atoms with Crippen LogP contribution in [-0.4, -0.2) is 47.8 Å². The quantitative estimate of drug-likeness (QED) is 0.652. The van der Waals surface area contributed by atoms with Crippen LogP contribution in [0.2, 0.25) is 0 Å². The first-order valence-corrected chi connectivity index (χ1v) is 10.8. The van der Waals surface area contributed by atoms with Gasteiger partial charge < -0.3 is 4.42 Å². The van der Waals surface area contributed by atoms with Crippen molar-refractivity contribution < 1.29 is 14.0 Å². The molecule has 2 N–H and O–H groups in total. The maximum atomic E-state index is 12.6. The summed E-state index contributed by atoms with van der Waals surface area (Å²) >= 11 is 0.